The summed E-state index contributed by atoms with van der Waals surface area (Å²) in [7, 11) is 0. The van der Waals surface area contributed by atoms with Crippen molar-refractivity contribution in [2.24, 2.45) is 0 Å². The van der Waals surface area contributed by atoms with Crippen LogP contribution in [-0.4, -0.2) is 4.98 Å². The fourth-order valence-electron chi connectivity index (χ4n) is 1.17. The van der Waals surface area contributed by atoms with Crippen molar-refractivity contribution >= 4 is 16.8 Å². The molecule has 11 heavy (non-hydrogen) atoms. The topological polar surface area (TPSA) is 52.0 Å². The molecule has 1 aromatic heterocycles. The van der Waals surface area contributed by atoms with E-state index in [1.54, 1.807) is 6.07 Å². The van der Waals surface area contributed by atoms with Gasteiger partial charge in [0.2, 0.25) is 0 Å². The molecule has 0 saturated heterocycles. The van der Waals surface area contributed by atoms with Crippen LogP contribution in [0.5, 0.6) is 0 Å². The first kappa shape index (κ1) is 6.22. The Labute approximate surface area is 63.8 Å². The minimum absolute atomic E-state index is 0.726. The second-order valence-electron chi connectivity index (χ2n) is 2.54. The molecule has 1 heterocycles. The Balaban J connectivity index is 2.91. The van der Waals surface area contributed by atoms with Crippen LogP contribution in [0.15, 0.2) is 22.9 Å². The van der Waals surface area contributed by atoms with E-state index < -0.39 is 0 Å². The molecule has 2 rings (SSSR count). The van der Waals surface area contributed by atoms with Gasteiger partial charge in [0.25, 0.3) is 0 Å². The molecule has 3 heteroatoms. The van der Waals surface area contributed by atoms with Gasteiger partial charge in [-0.15, -0.1) is 0 Å². The minimum Gasteiger partial charge on any atom is -0.443 e. The Bertz CT molecular complexity index is 392. The Morgan fingerprint density at radius 2 is 2.27 bits per heavy atom. The number of hydrogen-bond acceptors (Lipinski definition) is 3. The molecule has 0 atom stereocenters. The molecule has 56 valence electrons. The smallest absolute Gasteiger partial charge is 0.181 e. The van der Waals surface area contributed by atoms with Crippen LogP contribution in [-0.2, 0) is 0 Å². The van der Waals surface area contributed by atoms with E-state index in [-0.39, 0.29) is 0 Å². The number of rotatable bonds is 0. The summed E-state index contributed by atoms with van der Waals surface area (Å²) in [6.07, 6.45) is 1.43. The zero-order chi connectivity index (χ0) is 7.84. The molecular formula is C8H8N2O. The average Bonchev–Trinajstić information content (AvgIpc) is 2.34. The maximum atomic E-state index is 5.60. The number of benzene rings is 1. The fraction of sp³-hybridized carbons (Fsp3) is 0.125. The summed E-state index contributed by atoms with van der Waals surface area (Å²) < 4.78 is 5.14. The summed E-state index contributed by atoms with van der Waals surface area (Å²) in [6, 6.07) is 3.67. The fourth-order valence-corrected chi connectivity index (χ4v) is 1.17. The van der Waals surface area contributed by atoms with E-state index in [9.17, 15) is 0 Å². The van der Waals surface area contributed by atoms with Crippen molar-refractivity contribution in [1.29, 1.82) is 0 Å². The third kappa shape index (κ3) is 0.852. The molecule has 0 radical (unpaired) electrons. The summed E-state index contributed by atoms with van der Waals surface area (Å²) >= 11 is 0. The summed E-state index contributed by atoms with van der Waals surface area (Å²) in [5.74, 6) is 0. The van der Waals surface area contributed by atoms with Crippen LogP contribution >= 0.6 is 0 Å². The molecule has 0 aliphatic heterocycles. The van der Waals surface area contributed by atoms with E-state index in [1.165, 1.54) is 6.39 Å². The number of aryl methyl sites for hydroxylation is 1. The Kier molecular flexibility index (Phi) is 1.12. The molecule has 0 fully saturated rings. The van der Waals surface area contributed by atoms with Crippen molar-refractivity contribution in [3.63, 3.8) is 0 Å². The van der Waals surface area contributed by atoms with Crippen molar-refractivity contribution in [1.82, 2.24) is 4.98 Å². The molecular weight excluding hydrogens is 140 g/mol. The lowest BCUT2D eigenvalue weighted by Crippen LogP contribution is -1.85. The highest BCUT2D eigenvalue weighted by atomic mass is 16.3. The number of anilines is 1. The van der Waals surface area contributed by atoms with Gasteiger partial charge in [0.15, 0.2) is 12.0 Å². The van der Waals surface area contributed by atoms with Gasteiger partial charge in [-0.3, -0.25) is 0 Å². The third-order valence-electron chi connectivity index (χ3n) is 1.64. The van der Waals surface area contributed by atoms with E-state index in [2.05, 4.69) is 4.98 Å². The Morgan fingerprint density at radius 3 is 3.09 bits per heavy atom. The highest BCUT2D eigenvalue weighted by Gasteiger charge is 2.01. The van der Waals surface area contributed by atoms with Crippen molar-refractivity contribution in [3.8, 4) is 0 Å². The van der Waals surface area contributed by atoms with Crippen LogP contribution in [0.2, 0.25) is 0 Å². The molecule has 0 saturated carbocycles. The van der Waals surface area contributed by atoms with Crippen LogP contribution in [0.3, 0.4) is 0 Å². The van der Waals surface area contributed by atoms with Gasteiger partial charge in [0.1, 0.15) is 5.52 Å². The van der Waals surface area contributed by atoms with Crippen molar-refractivity contribution in [3.05, 3.63) is 24.1 Å². The standard InChI is InChI=1S/C8H8N2O/c1-5-2-6(9)3-7-8(5)11-4-10-7/h2-4H,9H2,1H3. The highest BCUT2D eigenvalue weighted by Crippen LogP contribution is 2.19. The lowest BCUT2D eigenvalue weighted by molar-refractivity contribution is 0.600. The number of nitrogen functional groups attached to an aromatic ring is 1. The van der Waals surface area contributed by atoms with Crippen molar-refractivity contribution in [2.45, 2.75) is 6.92 Å². The molecule has 0 bridgehead atoms. The summed E-state index contributed by atoms with van der Waals surface area (Å²) in [4.78, 5) is 3.99. The Morgan fingerprint density at radius 1 is 1.45 bits per heavy atom. The molecule has 0 aliphatic rings. The van der Waals surface area contributed by atoms with Gasteiger partial charge in [-0.1, -0.05) is 0 Å². The summed E-state index contributed by atoms with van der Waals surface area (Å²) in [5, 5.41) is 0. The molecule has 0 amide bonds. The van der Waals surface area contributed by atoms with Crippen LogP contribution < -0.4 is 5.73 Å². The van der Waals surface area contributed by atoms with Gasteiger partial charge in [-0.25, -0.2) is 4.98 Å². The quantitative estimate of drug-likeness (QED) is 0.578. The number of nitrogens with zero attached hydrogens (tertiary/aromatic N) is 1. The maximum absolute atomic E-state index is 5.60. The van der Waals surface area contributed by atoms with E-state index in [0.29, 0.717) is 0 Å². The highest BCUT2D eigenvalue weighted by molar-refractivity contribution is 5.79. The van der Waals surface area contributed by atoms with Gasteiger partial charge in [-0.05, 0) is 24.6 Å². The summed E-state index contributed by atoms with van der Waals surface area (Å²) in [5.41, 5.74) is 8.99. The number of fused-ring (bicyclic) bond motifs is 1. The predicted octanol–water partition coefficient (Wildman–Crippen LogP) is 1.72. The third-order valence-corrected chi connectivity index (χ3v) is 1.64. The van der Waals surface area contributed by atoms with Gasteiger partial charge in [0, 0.05) is 5.69 Å². The Hall–Kier alpha value is -1.51. The number of hydrogen-bond donors (Lipinski definition) is 1. The normalized spacial score (nSPS) is 10.6. The average molecular weight is 148 g/mol. The number of nitrogens with two attached hydrogens (primary N) is 1. The second kappa shape index (κ2) is 1.99. The molecule has 0 unspecified atom stereocenters. The molecule has 2 N–H and O–H groups in total. The van der Waals surface area contributed by atoms with Crippen LogP contribution in [0.25, 0.3) is 11.1 Å². The van der Waals surface area contributed by atoms with Crippen LogP contribution in [0.1, 0.15) is 5.56 Å². The van der Waals surface area contributed by atoms with Crippen molar-refractivity contribution < 1.29 is 4.42 Å². The molecule has 1 aromatic carbocycles. The first-order chi connectivity index (χ1) is 5.27. The second-order valence-corrected chi connectivity index (χ2v) is 2.54. The van der Waals surface area contributed by atoms with E-state index in [0.717, 1.165) is 22.4 Å². The van der Waals surface area contributed by atoms with Crippen LogP contribution in [0, 0.1) is 6.92 Å². The molecule has 0 spiro atoms. The van der Waals surface area contributed by atoms with Gasteiger partial charge < -0.3 is 10.2 Å². The largest absolute Gasteiger partial charge is 0.443 e. The van der Waals surface area contributed by atoms with E-state index >= 15 is 0 Å². The minimum atomic E-state index is 0.726. The zero-order valence-electron chi connectivity index (χ0n) is 6.16. The zero-order valence-corrected chi connectivity index (χ0v) is 6.16. The molecule has 0 aliphatic carbocycles. The van der Waals surface area contributed by atoms with Gasteiger partial charge in [-0.2, -0.15) is 0 Å². The van der Waals surface area contributed by atoms with Crippen LogP contribution in [0.4, 0.5) is 5.69 Å². The lowest BCUT2D eigenvalue weighted by Gasteiger charge is -1.94. The van der Waals surface area contributed by atoms with Crippen molar-refractivity contribution in [2.75, 3.05) is 5.73 Å². The van der Waals surface area contributed by atoms with Gasteiger partial charge >= 0.3 is 0 Å². The lowest BCUT2D eigenvalue weighted by atomic mass is 10.2. The molecule has 3 nitrogen and oxygen atoms in total. The van der Waals surface area contributed by atoms with E-state index in [1.807, 2.05) is 13.0 Å². The number of oxazole rings is 1. The molecule has 2 aromatic rings. The monoisotopic (exact) mass is 148 g/mol. The SMILES string of the molecule is Cc1cc(N)cc2ncoc12. The maximum Gasteiger partial charge on any atom is 0.181 e. The van der Waals surface area contributed by atoms with E-state index in [4.69, 9.17) is 10.2 Å². The first-order valence-corrected chi connectivity index (χ1v) is 3.37. The van der Waals surface area contributed by atoms with Gasteiger partial charge in [0.05, 0.1) is 0 Å². The predicted molar refractivity (Wildman–Crippen MR) is 43.2 cm³/mol. The first-order valence-electron chi connectivity index (χ1n) is 3.37. The summed E-state index contributed by atoms with van der Waals surface area (Å²) in [6.45, 7) is 1.95. The number of aromatic nitrogens is 1.